The van der Waals surface area contributed by atoms with Crippen molar-refractivity contribution in [2.75, 3.05) is 7.11 Å². The first-order valence-electron chi connectivity index (χ1n) is 8.32. The molecule has 136 valence electrons. The van der Waals surface area contributed by atoms with E-state index in [0.717, 1.165) is 27.4 Å². The summed E-state index contributed by atoms with van der Waals surface area (Å²) >= 11 is 1.72. The number of imidazole rings is 1. The lowest BCUT2D eigenvalue weighted by Crippen LogP contribution is -2.26. The molecule has 1 heterocycles. The molecule has 0 spiro atoms. The smallest absolute Gasteiger partial charge is 0.420 e. The van der Waals surface area contributed by atoms with E-state index in [0.29, 0.717) is 0 Å². The van der Waals surface area contributed by atoms with Crippen LogP contribution in [0.3, 0.4) is 0 Å². The lowest BCUT2D eigenvalue weighted by molar-refractivity contribution is 0.0543. The van der Waals surface area contributed by atoms with Crippen LogP contribution in [0, 0.1) is 0 Å². The highest BCUT2D eigenvalue weighted by molar-refractivity contribution is 7.98. The number of nitrogens with zero attached hydrogens (tertiary/aromatic N) is 2. The molecule has 0 aliphatic rings. The first-order valence-corrected chi connectivity index (χ1v) is 9.30. The Morgan fingerprint density at radius 3 is 2.54 bits per heavy atom. The summed E-state index contributed by atoms with van der Waals surface area (Å²) in [6, 6.07) is 13.9. The van der Waals surface area contributed by atoms with Gasteiger partial charge in [-0.25, -0.2) is 14.3 Å². The van der Waals surface area contributed by atoms with E-state index in [1.54, 1.807) is 18.9 Å². The maximum atomic E-state index is 12.3. The molecular formula is C20H22N2O3S. The molecule has 6 heteroatoms. The molecule has 5 nitrogen and oxygen atoms in total. The number of carbonyl (C=O) groups excluding carboxylic acids is 1. The Hall–Kier alpha value is -2.47. The van der Waals surface area contributed by atoms with Gasteiger partial charge in [-0.05, 0) is 56.7 Å². The number of rotatable bonds is 4. The van der Waals surface area contributed by atoms with Crippen molar-refractivity contribution >= 4 is 28.9 Å². The molecule has 0 unspecified atom stereocenters. The number of benzene rings is 2. The molecule has 0 amide bonds. The molecule has 26 heavy (non-hydrogen) atoms. The molecule has 0 aliphatic heterocycles. The molecule has 1 aromatic heterocycles. The van der Waals surface area contributed by atoms with Crippen molar-refractivity contribution in [3.8, 4) is 5.75 Å². The fourth-order valence-corrected chi connectivity index (χ4v) is 3.31. The summed E-state index contributed by atoms with van der Waals surface area (Å²) in [6.45, 7) is 5.54. The molecule has 0 atom stereocenters. The third-order valence-corrected chi connectivity index (χ3v) is 4.74. The van der Waals surface area contributed by atoms with Crippen LogP contribution >= 0.6 is 11.8 Å². The summed E-state index contributed by atoms with van der Waals surface area (Å²) in [5.74, 6) is 1.70. The Balaban J connectivity index is 1.72. The van der Waals surface area contributed by atoms with E-state index >= 15 is 0 Å². The van der Waals surface area contributed by atoms with Crippen LogP contribution < -0.4 is 4.74 Å². The first-order chi connectivity index (χ1) is 12.4. The summed E-state index contributed by atoms with van der Waals surface area (Å²) in [7, 11) is 1.66. The average molecular weight is 370 g/mol. The number of methoxy groups -OCH3 is 1. The zero-order chi connectivity index (χ0) is 18.7. The number of ether oxygens (including phenoxy) is 2. The van der Waals surface area contributed by atoms with Gasteiger partial charge >= 0.3 is 6.09 Å². The Kier molecular flexibility index (Phi) is 5.23. The second kappa shape index (κ2) is 7.41. The van der Waals surface area contributed by atoms with Gasteiger partial charge in [0.15, 0.2) is 0 Å². The summed E-state index contributed by atoms with van der Waals surface area (Å²) < 4.78 is 12.0. The van der Waals surface area contributed by atoms with E-state index in [1.807, 2.05) is 51.1 Å². The van der Waals surface area contributed by atoms with Gasteiger partial charge in [0.05, 0.1) is 18.1 Å². The van der Waals surface area contributed by atoms with Crippen LogP contribution in [0.15, 0.2) is 53.7 Å². The summed E-state index contributed by atoms with van der Waals surface area (Å²) in [4.78, 5) is 17.7. The third kappa shape index (κ3) is 4.38. The highest BCUT2D eigenvalue weighted by atomic mass is 32.2. The summed E-state index contributed by atoms with van der Waals surface area (Å²) in [6.07, 6.45) is 1.09. The number of fused-ring (bicyclic) bond motifs is 1. The van der Waals surface area contributed by atoms with Gasteiger partial charge in [0.1, 0.15) is 17.7 Å². The second-order valence-corrected chi connectivity index (χ2v) is 7.93. The molecule has 2 aromatic carbocycles. The van der Waals surface area contributed by atoms with Gasteiger partial charge in [0, 0.05) is 10.6 Å². The van der Waals surface area contributed by atoms with Crippen molar-refractivity contribution in [1.82, 2.24) is 9.55 Å². The van der Waals surface area contributed by atoms with Crippen LogP contribution in [-0.2, 0) is 10.5 Å². The van der Waals surface area contributed by atoms with Crippen LogP contribution in [0.2, 0.25) is 0 Å². The second-order valence-electron chi connectivity index (χ2n) is 6.88. The van der Waals surface area contributed by atoms with E-state index in [1.165, 1.54) is 16.5 Å². The van der Waals surface area contributed by atoms with Crippen LogP contribution in [0.5, 0.6) is 5.75 Å². The molecular weight excluding hydrogens is 348 g/mol. The monoisotopic (exact) mass is 370 g/mol. The average Bonchev–Trinajstić information content (AvgIpc) is 3.02. The molecule has 0 bridgehead atoms. The maximum Gasteiger partial charge on any atom is 0.420 e. The lowest BCUT2D eigenvalue weighted by Gasteiger charge is -2.19. The minimum atomic E-state index is -0.540. The number of thioether (sulfide) groups is 1. The van der Waals surface area contributed by atoms with E-state index in [4.69, 9.17) is 9.47 Å². The highest BCUT2D eigenvalue weighted by Crippen LogP contribution is 2.27. The van der Waals surface area contributed by atoms with Crippen molar-refractivity contribution in [3.05, 3.63) is 54.4 Å². The van der Waals surface area contributed by atoms with Crippen LogP contribution in [-0.4, -0.2) is 28.4 Å². The van der Waals surface area contributed by atoms with Gasteiger partial charge in [-0.1, -0.05) is 12.1 Å². The van der Waals surface area contributed by atoms with E-state index < -0.39 is 11.7 Å². The van der Waals surface area contributed by atoms with Gasteiger partial charge in [-0.2, -0.15) is 0 Å². The van der Waals surface area contributed by atoms with Crippen LogP contribution in [0.4, 0.5) is 4.79 Å². The number of aromatic nitrogens is 2. The zero-order valence-corrected chi connectivity index (χ0v) is 16.2. The van der Waals surface area contributed by atoms with Gasteiger partial charge in [-0.15, -0.1) is 11.8 Å². The Bertz CT molecular complexity index is 911. The number of carbonyl (C=O) groups is 1. The number of hydrogen-bond acceptors (Lipinski definition) is 5. The predicted octanol–water partition coefficient (Wildman–Crippen LogP) is 5.12. The fraction of sp³-hybridized carbons (Fsp3) is 0.300. The first kappa shape index (κ1) is 18.3. The minimum absolute atomic E-state index is 0.418. The molecule has 0 saturated carbocycles. The zero-order valence-electron chi connectivity index (χ0n) is 15.4. The molecule has 0 radical (unpaired) electrons. The van der Waals surface area contributed by atoms with Crippen molar-refractivity contribution < 1.29 is 14.3 Å². The van der Waals surface area contributed by atoms with Gasteiger partial charge in [0.25, 0.3) is 0 Å². The molecule has 0 N–H and O–H groups in total. The topological polar surface area (TPSA) is 53.4 Å². The highest BCUT2D eigenvalue weighted by Gasteiger charge is 2.19. The number of hydrogen-bond donors (Lipinski definition) is 0. The third-order valence-electron chi connectivity index (χ3n) is 3.67. The summed E-state index contributed by atoms with van der Waals surface area (Å²) in [5.41, 5.74) is 2.20. The Morgan fingerprint density at radius 2 is 1.88 bits per heavy atom. The molecule has 3 aromatic rings. The van der Waals surface area contributed by atoms with Gasteiger partial charge in [0.2, 0.25) is 0 Å². The van der Waals surface area contributed by atoms with Crippen LogP contribution in [0.1, 0.15) is 26.3 Å². The van der Waals surface area contributed by atoms with E-state index in [9.17, 15) is 4.79 Å². The normalized spacial score (nSPS) is 11.5. The van der Waals surface area contributed by atoms with Crippen molar-refractivity contribution in [1.29, 1.82) is 0 Å². The fourth-order valence-electron chi connectivity index (χ4n) is 2.43. The lowest BCUT2D eigenvalue weighted by atomic mass is 10.2. The minimum Gasteiger partial charge on any atom is -0.497 e. The van der Waals surface area contributed by atoms with Crippen molar-refractivity contribution in [2.24, 2.45) is 0 Å². The van der Waals surface area contributed by atoms with Crippen molar-refractivity contribution in [3.63, 3.8) is 0 Å². The summed E-state index contributed by atoms with van der Waals surface area (Å²) in [5, 5.41) is 0. The van der Waals surface area contributed by atoms with Gasteiger partial charge in [-0.3, -0.25) is 0 Å². The molecule has 0 aliphatic carbocycles. The van der Waals surface area contributed by atoms with E-state index in [-0.39, 0.29) is 0 Å². The quantitative estimate of drug-likeness (QED) is 0.597. The van der Waals surface area contributed by atoms with E-state index in [2.05, 4.69) is 17.1 Å². The Morgan fingerprint density at radius 1 is 1.15 bits per heavy atom. The standard InChI is InChI=1S/C20H22N2O3S/c1-20(2,3)25-19(23)22-13-21-17-11-16(9-10-18(17)22)26-12-14-5-7-15(24-4)8-6-14/h5-11,13H,12H2,1-4H3. The Labute approximate surface area is 157 Å². The predicted molar refractivity (Wildman–Crippen MR) is 104 cm³/mol. The van der Waals surface area contributed by atoms with Gasteiger partial charge < -0.3 is 9.47 Å². The largest absolute Gasteiger partial charge is 0.497 e. The van der Waals surface area contributed by atoms with Crippen molar-refractivity contribution in [2.45, 2.75) is 37.0 Å². The molecule has 0 fully saturated rings. The maximum absolute atomic E-state index is 12.3. The molecule has 3 rings (SSSR count). The van der Waals surface area contributed by atoms with Crippen LogP contribution in [0.25, 0.3) is 11.0 Å². The SMILES string of the molecule is COc1ccc(CSc2ccc3c(c2)ncn3C(=O)OC(C)(C)C)cc1. The molecule has 0 saturated heterocycles.